The molecule has 17 heavy (non-hydrogen) atoms. The van der Waals surface area contributed by atoms with Crippen LogP contribution < -0.4 is 0 Å². The lowest BCUT2D eigenvalue weighted by molar-refractivity contribution is -0.139. The summed E-state index contributed by atoms with van der Waals surface area (Å²) in [6.45, 7) is 4.79. The minimum absolute atomic E-state index is 0.200. The number of ether oxygens (including phenoxy) is 2. The van der Waals surface area contributed by atoms with Gasteiger partial charge in [-0.2, -0.15) is 0 Å². The van der Waals surface area contributed by atoms with Crippen molar-refractivity contribution in [2.45, 2.75) is 39.5 Å². The fourth-order valence-corrected chi connectivity index (χ4v) is 2.68. The summed E-state index contributed by atoms with van der Waals surface area (Å²) in [5, 5.41) is 0. The van der Waals surface area contributed by atoms with Crippen LogP contribution in [0.4, 0.5) is 0 Å². The van der Waals surface area contributed by atoms with Gasteiger partial charge in [-0.05, 0) is 39.2 Å². The van der Waals surface area contributed by atoms with Crippen molar-refractivity contribution in [1.29, 1.82) is 0 Å². The van der Waals surface area contributed by atoms with Crippen molar-refractivity contribution in [3.8, 4) is 0 Å². The lowest BCUT2D eigenvalue weighted by Crippen LogP contribution is -2.18. The third-order valence-electron chi connectivity index (χ3n) is 3.38. The van der Waals surface area contributed by atoms with Crippen LogP contribution in [0.2, 0.25) is 0 Å². The van der Waals surface area contributed by atoms with Crippen molar-refractivity contribution in [3.05, 3.63) is 23.0 Å². The van der Waals surface area contributed by atoms with E-state index < -0.39 is 0 Å². The minimum Gasteiger partial charge on any atom is -0.493 e. The van der Waals surface area contributed by atoms with E-state index in [-0.39, 0.29) is 11.9 Å². The molecular formula is C14H20O3. The maximum Gasteiger partial charge on any atom is 0.338 e. The number of hydrogen-bond donors (Lipinski definition) is 0. The highest BCUT2D eigenvalue weighted by molar-refractivity contribution is 5.92. The highest BCUT2D eigenvalue weighted by Crippen LogP contribution is 2.42. The summed E-state index contributed by atoms with van der Waals surface area (Å²) in [6, 6.07) is 0. The van der Waals surface area contributed by atoms with Crippen molar-refractivity contribution in [1.82, 2.24) is 0 Å². The predicted molar refractivity (Wildman–Crippen MR) is 65.3 cm³/mol. The monoisotopic (exact) mass is 236 g/mol. The molecule has 2 aliphatic rings. The summed E-state index contributed by atoms with van der Waals surface area (Å²) >= 11 is 0. The van der Waals surface area contributed by atoms with Crippen LogP contribution in [0.3, 0.4) is 0 Å². The lowest BCUT2D eigenvalue weighted by Gasteiger charge is -2.22. The van der Waals surface area contributed by atoms with Crippen molar-refractivity contribution >= 4 is 5.97 Å². The molecule has 0 saturated heterocycles. The number of esters is 1. The third kappa shape index (κ3) is 2.38. The normalized spacial score (nSPS) is 23.2. The first-order valence-electron chi connectivity index (χ1n) is 6.52. The van der Waals surface area contributed by atoms with E-state index in [0.29, 0.717) is 13.2 Å². The van der Waals surface area contributed by atoms with Crippen molar-refractivity contribution in [2.24, 2.45) is 5.92 Å². The van der Waals surface area contributed by atoms with Crippen LogP contribution in [0, 0.1) is 5.92 Å². The number of allylic oxidation sites excluding steroid dienone is 2. The zero-order chi connectivity index (χ0) is 12.3. The third-order valence-corrected chi connectivity index (χ3v) is 3.38. The summed E-state index contributed by atoms with van der Waals surface area (Å²) in [5.41, 5.74) is 2.10. The maximum absolute atomic E-state index is 12.0. The Morgan fingerprint density at radius 1 is 1.35 bits per heavy atom. The van der Waals surface area contributed by atoms with Gasteiger partial charge in [0.25, 0.3) is 0 Å². The Balaban J connectivity index is 2.24. The molecular weight excluding hydrogens is 216 g/mol. The highest BCUT2D eigenvalue weighted by Gasteiger charge is 2.35. The Bertz CT molecular complexity index is 366. The van der Waals surface area contributed by atoms with Gasteiger partial charge in [-0.15, -0.1) is 0 Å². The molecule has 0 heterocycles. The van der Waals surface area contributed by atoms with Gasteiger partial charge in [0.2, 0.25) is 0 Å². The van der Waals surface area contributed by atoms with Gasteiger partial charge in [-0.3, -0.25) is 0 Å². The van der Waals surface area contributed by atoms with Gasteiger partial charge in [0.1, 0.15) is 5.76 Å². The fourth-order valence-electron chi connectivity index (χ4n) is 2.68. The maximum atomic E-state index is 12.0. The van der Waals surface area contributed by atoms with Crippen LogP contribution in [0.15, 0.2) is 23.0 Å². The molecule has 0 bridgehead atoms. The van der Waals surface area contributed by atoms with Crippen LogP contribution >= 0.6 is 0 Å². The average molecular weight is 236 g/mol. The van der Waals surface area contributed by atoms with Crippen LogP contribution in [0.25, 0.3) is 0 Å². The largest absolute Gasteiger partial charge is 0.493 e. The molecule has 94 valence electrons. The first-order valence-corrected chi connectivity index (χ1v) is 6.52. The van der Waals surface area contributed by atoms with Crippen LogP contribution in [0.1, 0.15) is 39.5 Å². The standard InChI is InChI=1S/C14H20O3/c1-3-16-12-9-10-7-5-6-8-11(10)13(12)14(15)17-4-2/h9,11H,3-8H2,1-2H3. The van der Waals surface area contributed by atoms with Gasteiger partial charge in [0, 0.05) is 5.92 Å². The molecule has 1 saturated carbocycles. The van der Waals surface area contributed by atoms with E-state index in [4.69, 9.17) is 9.47 Å². The molecule has 2 aliphatic carbocycles. The van der Waals surface area contributed by atoms with Gasteiger partial charge in [0.15, 0.2) is 0 Å². The Morgan fingerprint density at radius 3 is 2.88 bits per heavy atom. The van der Waals surface area contributed by atoms with Gasteiger partial charge in [-0.1, -0.05) is 12.0 Å². The summed E-state index contributed by atoms with van der Waals surface area (Å²) in [5.74, 6) is 0.797. The predicted octanol–water partition coefficient (Wildman–Crippen LogP) is 2.97. The topological polar surface area (TPSA) is 35.5 Å². The molecule has 0 aromatic carbocycles. The van der Waals surface area contributed by atoms with Gasteiger partial charge in [-0.25, -0.2) is 4.79 Å². The molecule has 1 fully saturated rings. The first-order chi connectivity index (χ1) is 8.27. The Labute approximate surface area is 102 Å². The number of fused-ring (bicyclic) bond motifs is 1. The number of carbonyl (C=O) groups is 1. The molecule has 0 amide bonds. The van der Waals surface area contributed by atoms with Gasteiger partial charge in [0.05, 0.1) is 18.8 Å². The molecule has 0 aromatic heterocycles. The minimum atomic E-state index is -0.200. The van der Waals surface area contributed by atoms with E-state index in [1.165, 1.54) is 18.4 Å². The van der Waals surface area contributed by atoms with Gasteiger partial charge >= 0.3 is 5.97 Å². The molecule has 0 radical (unpaired) electrons. The zero-order valence-corrected chi connectivity index (χ0v) is 10.6. The fraction of sp³-hybridized carbons (Fsp3) is 0.643. The van der Waals surface area contributed by atoms with E-state index in [1.54, 1.807) is 0 Å². The second-order valence-corrected chi connectivity index (χ2v) is 4.45. The Kier molecular flexibility index (Phi) is 3.87. The van der Waals surface area contributed by atoms with Crippen LogP contribution in [-0.2, 0) is 14.3 Å². The van der Waals surface area contributed by atoms with E-state index in [1.807, 2.05) is 13.8 Å². The van der Waals surface area contributed by atoms with E-state index in [0.717, 1.165) is 24.2 Å². The molecule has 1 unspecified atom stereocenters. The summed E-state index contributed by atoms with van der Waals surface area (Å²) in [4.78, 5) is 12.0. The van der Waals surface area contributed by atoms with E-state index in [2.05, 4.69) is 6.08 Å². The van der Waals surface area contributed by atoms with E-state index in [9.17, 15) is 4.79 Å². The first kappa shape index (κ1) is 12.2. The number of rotatable bonds is 4. The molecule has 0 N–H and O–H groups in total. The van der Waals surface area contributed by atoms with Crippen LogP contribution in [-0.4, -0.2) is 19.2 Å². The molecule has 0 spiro atoms. The van der Waals surface area contributed by atoms with Crippen LogP contribution in [0.5, 0.6) is 0 Å². The second-order valence-electron chi connectivity index (χ2n) is 4.45. The lowest BCUT2D eigenvalue weighted by atomic mass is 9.83. The molecule has 3 nitrogen and oxygen atoms in total. The smallest absolute Gasteiger partial charge is 0.338 e. The summed E-state index contributed by atoms with van der Waals surface area (Å²) in [7, 11) is 0. The Hall–Kier alpha value is -1.25. The molecule has 1 atom stereocenters. The summed E-state index contributed by atoms with van der Waals surface area (Å²) < 4.78 is 10.7. The SMILES string of the molecule is CCOC(=O)C1=C(OCC)C=C2CCCCC21. The zero-order valence-electron chi connectivity index (χ0n) is 10.6. The van der Waals surface area contributed by atoms with Gasteiger partial charge < -0.3 is 9.47 Å². The molecule has 0 aliphatic heterocycles. The Morgan fingerprint density at radius 2 is 2.18 bits per heavy atom. The molecule has 2 rings (SSSR count). The second kappa shape index (κ2) is 5.39. The molecule has 0 aromatic rings. The molecule has 3 heteroatoms. The average Bonchev–Trinajstić information content (AvgIpc) is 2.67. The van der Waals surface area contributed by atoms with Crippen molar-refractivity contribution < 1.29 is 14.3 Å². The highest BCUT2D eigenvalue weighted by atomic mass is 16.5. The van der Waals surface area contributed by atoms with E-state index >= 15 is 0 Å². The number of hydrogen-bond acceptors (Lipinski definition) is 3. The quantitative estimate of drug-likeness (QED) is 0.704. The van der Waals surface area contributed by atoms with Crippen molar-refractivity contribution in [2.75, 3.05) is 13.2 Å². The number of carbonyl (C=O) groups excluding carboxylic acids is 1. The summed E-state index contributed by atoms with van der Waals surface area (Å²) in [6.07, 6.45) is 6.60. The van der Waals surface area contributed by atoms with Crippen molar-refractivity contribution in [3.63, 3.8) is 0 Å².